The van der Waals surface area contributed by atoms with E-state index in [1.54, 1.807) is 6.07 Å². The first-order chi connectivity index (χ1) is 13.7. The van der Waals surface area contributed by atoms with E-state index in [0.717, 1.165) is 11.3 Å². The third-order valence-electron chi connectivity index (χ3n) is 4.32. The molecule has 4 aromatic rings. The molecular weight excluding hydrogens is 386 g/mol. The van der Waals surface area contributed by atoms with Gasteiger partial charge in [0.1, 0.15) is 10.4 Å². The van der Waals surface area contributed by atoms with Crippen molar-refractivity contribution in [2.75, 3.05) is 5.32 Å². The largest absolute Gasteiger partial charge is 0.443 e. The molecule has 0 aliphatic rings. The second-order valence-electron chi connectivity index (χ2n) is 7.83. The molecule has 6 nitrogen and oxygen atoms in total. The summed E-state index contributed by atoms with van der Waals surface area (Å²) in [4.78, 5) is 30.6. The minimum atomic E-state index is -0.657. The van der Waals surface area contributed by atoms with Crippen molar-refractivity contribution in [2.45, 2.75) is 33.3 Å². The summed E-state index contributed by atoms with van der Waals surface area (Å²) in [6.45, 7) is 7.44. The smallest absolute Gasteiger partial charge is 0.420 e. The maximum absolute atomic E-state index is 13.0. The number of anilines is 2. The van der Waals surface area contributed by atoms with Crippen molar-refractivity contribution in [1.82, 2.24) is 9.55 Å². The molecule has 148 valence electrons. The number of hydrogen-bond acceptors (Lipinski definition) is 6. The summed E-state index contributed by atoms with van der Waals surface area (Å²) in [6.07, 6.45) is -0.521. The standard InChI is InChI=1S/C22H21N3O3S/c1-13-9-11-14(12-10-13)23-20-24-18(26)17-15-7-5-6-8-16(15)25(19(17)29-20)21(27)28-22(2,3)4/h5-12H,1-4H3,(H,23,24,26). The number of hydrogen-bond donors (Lipinski definition) is 1. The van der Waals surface area contributed by atoms with Crippen LogP contribution in [0, 0.1) is 6.92 Å². The minimum absolute atomic E-state index is 0.383. The molecule has 0 bridgehead atoms. The van der Waals surface area contributed by atoms with Crippen molar-refractivity contribution in [2.24, 2.45) is 0 Å². The van der Waals surface area contributed by atoms with E-state index in [1.807, 2.05) is 70.2 Å². The number of ether oxygens (including phenoxy) is 1. The Bertz CT molecular complexity index is 1280. The summed E-state index contributed by atoms with van der Waals surface area (Å²) in [6, 6.07) is 15.1. The first-order valence-corrected chi connectivity index (χ1v) is 10.1. The SMILES string of the molecule is Cc1ccc(Nc2nc(=O)c3c4ccccc4n(C(=O)OC(C)(C)C)c3s2)cc1. The van der Waals surface area contributed by atoms with Gasteiger partial charge >= 0.3 is 6.09 Å². The number of benzene rings is 2. The van der Waals surface area contributed by atoms with Gasteiger partial charge in [0.25, 0.3) is 5.56 Å². The van der Waals surface area contributed by atoms with Gasteiger partial charge in [-0.05, 0) is 45.9 Å². The molecule has 1 N–H and O–H groups in total. The zero-order chi connectivity index (χ0) is 20.8. The van der Waals surface area contributed by atoms with Crippen molar-refractivity contribution in [3.63, 3.8) is 0 Å². The number of nitrogens with zero attached hydrogens (tertiary/aromatic N) is 2. The van der Waals surface area contributed by atoms with Crippen LogP contribution in [0.25, 0.3) is 21.1 Å². The lowest BCUT2D eigenvalue weighted by molar-refractivity contribution is 0.0552. The van der Waals surface area contributed by atoms with E-state index in [0.29, 0.717) is 26.3 Å². The second kappa shape index (κ2) is 7.00. The number of para-hydroxylation sites is 1. The highest BCUT2D eigenvalue weighted by Crippen LogP contribution is 2.32. The lowest BCUT2D eigenvalue weighted by Crippen LogP contribution is -2.27. The zero-order valence-electron chi connectivity index (χ0n) is 16.6. The van der Waals surface area contributed by atoms with Crippen LogP contribution < -0.4 is 10.9 Å². The minimum Gasteiger partial charge on any atom is -0.443 e. The maximum Gasteiger partial charge on any atom is 0.420 e. The Morgan fingerprint density at radius 1 is 1.10 bits per heavy atom. The molecule has 2 heterocycles. The van der Waals surface area contributed by atoms with E-state index in [9.17, 15) is 9.59 Å². The van der Waals surface area contributed by atoms with Crippen LogP contribution in [0.5, 0.6) is 0 Å². The predicted octanol–water partition coefficient (Wildman–Crippen LogP) is 5.45. The quantitative estimate of drug-likeness (QED) is 0.478. The van der Waals surface area contributed by atoms with Crippen LogP contribution in [0.1, 0.15) is 26.3 Å². The summed E-state index contributed by atoms with van der Waals surface area (Å²) in [5.74, 6) is 0. The van der Waals surface area contributed by atoms with Crippen molar-refractivity contribution >= 4 is 49.4 Å². The Labute approximate surface area is 171 Å². The first-order valence-electron chi connectivity index (χ1n) is 9.24. The molecule has 0 saturated heterocycles. The van der Waals surface area contributed by atoms with Crippen molar-refractivity contribution in [3.05, 3.63) is 64.4 Å². The van der Waals surface area contributed by atoms with Gasteiger partial charge in [0, 0.05) is 11.1 Å². The average molecular weight is 407 g/mol. The van der Waals surface area contributed by atoms with E-state index in [1.165, 1.54) is 15.9 Å². The molecule has 29 heavy (non-hydrogen) atoms. The highest BCUT2D eigenvalue weighted by atomic mass is 32.1. The highest BCUT2D eigenvalue weighted by Gasteiger charge is 2.24. The molecule has 2 aromatic carbocycles. The molecule has 2 aromatic heterocycles. The van der Waals surface area contributed by atoms with Gasteiger partial charge in [-0.1, -0.05) is 47.2 Å². The molecule has 7 heteroatoms. The number of carbonyl (C=O) groups excluding carboxylic acids is 1. The Morgan fingerprint density at radius 3 is 2.48 bits per heavy atom. The normalized spacial score (nSPS) is 11.7. The summed E-state index contributed by atoms with van der Waals surface area (Å²) >= 11 is 1.25. The Kier molecular flexibility index (Phi) is 4.62. The first kappa shape index (κ1) is 19.1. The molecule has 0 amide bonds. The number of rotatable bonds is 2. The van der Waals surface area contributed by atoms with E-state index in [2.05, 4.69) is 10.3 Å². The summed E-state index contributed by atoms with van der Waals surface area (Å²) in [5.41, 5.74) is 1.54. The topological polar surface area (TPSA) is 73.2 Å². The summed E-state index contributed by atoms with van der Waals surface area (Å²) in [5, 5.41) is 4.69. The fraction of sp³-hybridized carbons (Fsp3) is 0.227. The van der Waals surface area contributed by atoms with Gasteiger partial charge in [0.05, 0.1) is 10.9 Å². The van der Waals surface area contributed by atoms with Crippen molar-refractivity contribution in [1.29, 1.82) is 0 Å². The van der Waals surface area contributed by atoms with E-state index < -0.39 is 11.7 Å². The van der Waals surface area contributed by atoms with Gasteiger partial charge in [-0.3, -0.25) is 4.79 Å². The Morgan fingerprint density at radius 2 is 1.79 bits per heavy atom. The van der Waals surface area contributed by atoms with E-state index in [-0.39, 0.29) is 5.56 Å². The van der Waals surface area contributed by atoms with Crippen LogP contribution >= 0.6 is 11.3 Å². The van der Waals surface area contributed by atoms with Crippen molar-refractivity contribution < 1.29 is 9.53 Å². The molecule has 0 spiro atoms. The molecule has 0 atom stereocenters. The second-order valence-corrected chi connectivity index (χ2v) is 8.81. The molecule has 0 fully saturated rings. The third kappa shape index (κ3) is 3.73. The maximum atomic E-state index is 13.0. The average Bonchev–Trinajstić information content (AvgIpc) is 2.97. The van der Waals surface area contributed by atoms with Gasteiger partial charge in [0.15, 0.2) is 5.13 Å². The zero-order valence-corrected chi connectivity index (χ0v) is 17.5. The van der Waals surface area contributed by atoms with Crippen LogP contribution in [0.2, 0.25) is 0 Å². The van der Waals surface area contributed by atoms with Crippen LogP contribution in [0.3, 0.4) is 0 Å². The lowest BCUT2D eigenvalue weighted by Gasteiger charge is -2.20. The van der Waals surface area contributed by atoms with Gasteiger partial charge in [-0.15, -0.1) is 0 Å². The van der Waals surface area contributed by atoms with E-state index >= 15 is 0 Å². The number of carbonyl (C=O) groups is 1. The molecule has 0 unspecified atom stereocenters. The molecule has 4 rings (SSSR count). The third-order valence-corrected chi connectivity index (χ3v) is 5.29. The monoisotopic (exact) mass is 407 g/mol. The number of nitrogens with one attached hydrogen (secondary N) is 1. The van der Waals surface area contributed by atoms with Crippen molar-refractivity contribution in [3.8, 4) is 0 Å². The molecular formula is C22H21N3O3S. The number of aryl methyl sites for hydroxylation is 1. The lowest BCUT2D eigenvalue weighted by atomic mass is 10.2. The fourth-order valence-corrected chi connectivity index (χ4v) is 4.13. The molecule has 0 aliphatic heterocycles. The summed E-state index contributed by atoms with van der Waals surface area (Å²) in [7, 11) is 0. The highest BCUT2D eigenvalue weighted by molar-refractivity contribution is 7.21. The molecule has 0 saturated carbocycles. The fourth-order valence-electron chi connectivity index (χ4n) is 3.08. The molecule has 0 radical (unpaired) electrons. The van der Waals surface area contributed by atoms with Crippen LogP contribution in [-0.2, 0) is 4.74 Å². The van der Waals surface area contributed by atoms with Crippen LogP contribution in [0.4, 0.5) is 15.6 Å². The summed E-state index contributed by atoms with van der Waals surface area (Å²) < 4.78 is 7.06. The van der Waals surface area contributed by atoms with Crippen LogP contribution in [-0.4, -0.2) is 21.2 Å². The van der Waals surface area contributed by atoms with Gasteiger partial charge in [0.2, 0.25) is 0 Å². The Hall–Kier alpha value is -3.19. The molecule has 0 aliphatic carbocycles. The van der Waals surface area contributed by atoms with Crippen LogP contribution in [0.15, 0.2) is 53.3 Å². The van der Waals surface area contributed by atoms with Gasteiger partial charge < -0.3 is 10.1 Å². The van der Waals surface area contributed by atoms with Gasteiger partial charge in [-0.2, -0.15) is 4.98 Å². The predicted molar refractivity (Wildman–Crippen MR) is 117 cm³/mol. The van der Waals surface area contributed by atoms with Gasteiger partial charge in [-0.25, -0.2) is 9.36 Å². The number of fused-ring (bicyclic) bond motifs is 3. The van der Waals surface area contributed by atoms with E-state index in [4.69, 9.17) is 4.74 Å². The Balaban J connectivity index is 1.92. The number of aromatic nitrogens is 2.